The van der Waals surface area contributed by atoms with Crippen LogP contribution in [0.3, 0.4) is 0 Å². The summed E-state index contributed by atoms with van der Waals surface area (Å²) >= 11 is 0. The average molecular weight is 255 g/mol. The minimum absolute atomic E-state index is 0.240. The van der Waals surface area contributed by atoms with Gasteiger partial charge in [-0.3, -0.25) is 4.79 Å². The molecule has 0 aromatic heterocycles. The fraction of sp³-hybridized carbons (Fsp3) is 0.929. The number of hydrogen-bond acceptors (Lipinski definition) is 3. The topological polar surface area (TPSA) is 49.6 Å². The van der Waals surface area contributed by atoms with Crippen LogP contribution in [0.4, 0.5) is 0 Å². The molecule has 0 bridgehead atoms. The molecule has 1 saturated heterocycles. The van der Waals surface area contributed by atoms with Crippen LogP contribution in [-0.4, -0.2) is 55.5 Å². The number of piperidine rings is 1. The highest BCUT2D eigenvalue weighted by atomic mass is 16.2. The molecule has 0 radical (unpaired) electrons. The van der Waals surface area contributed by atoms with E-state index in [-0.39, 0.29) is 11.3 Å². The number of likely N-dealkylation sites (tertiary alicyclic amines) is 1. The molecule has 0 spiro atoms. The highest BCUT2D eigenvalue weighted by Gasteiger charge is 2.38. The lowest BCUT2D eigenvalue weighted by Crippen LogP contribution is -2.52. The molecule has 1 aliphatic rings. The third-order valence-corrected chi connectivity index (χ3v) is 4.75. The van der Waals surface area contributed by atoms with E-state index < -0.39 is 0 Å². The van der Waals surface area contributed by atoms with Crippen LogP contribution in [0.2, 0.25) is 0 Å². The maximum atomic E-state index is 12.7. The molecule has 1 aliphatic heterocycles. The van der Waals surface area contributed by atoms with E-state index in [2.05, 4.69) is 25.8 Å². The fourth-order valence-electron chi connectivity index (χ4n) is 2.85. The van der Waals surface area contributed by atoms with Crippen LogP contribution < -0.4 is 5.73 Å². The van der Waals surface area contributed by atoms with Gasteiger partial charge in [0.25, 0.3) is 0 Å². The first-order valence-electron chi connectivity index (χ1n) is 7.16. The molecule has 0 aromatic rings. The molecule has 0 saturated carbocycles. The largest absolute Gasteiger partial charge is 0.342 e. The van der Waals surface area contributed by atoms with Crippen molar-refractivity contribution >= 4 is 5.91 Å². The zero-order chi connectivity index (χ0) is 13.8. The van der Waals surface area contributed by atoms with Crippen LogP contribution in [0.25, 0.3) is 0 Å². The summed E-state index contributed by atoms with van der Waals surface area (Å²) in [5, 5.41) is 0. The van der Waals surface area contributed by atoms with Crippen molar-refractivity contribution in [2.75, 3.05) is 33.7 Å². The Labute approximate surface area is 111 Å². The summed E-state index contributed by atoms with van der Waals surface area (Å²) in [7, 11) is 4.09. The molecule has 4 heteroatoms. The lowest BCUT2D eigenvalue weighted by Gasteiger charge is -2.40. The Morgan fingerprint density at radius 1 is 1.33 bits per heavy atom. The highest BCUT2D eigenvalue weighted by Crippen LogP contribution is 2.29. The molecule has 4 nitrogen and oxygen atoms in total. The number of hydrogen-bond donors (Lipinski definition) is 1. The summed E-state index contributed by atoms with van der Waals surface area (Å²) in [5.41, 5.74) is 5.51. The van der Waals surface area contributed by atoms with Gasteiger partial charge in [0.1, 0.15) is 0 Å². The van der Waals surface area contributed by atoms with Crippen LogP contribution >= 0.6 is 0 Å². The van der Waals surface area contributed by atoms with Gasteiger partial charge in [-0.1, -0.05) is 13.8 Å². The zero-order valence-electron chi connectivity index (χ0n) is 12.4. The summed E-state index contributed by atoms with van der Waals surface area (Å²) in [6, 6.07) is 0.387. The number of nitrogens with two attached hydrogens (primary N) is 1. The van der Waals surface area contributed by atoms with E-state index in [1.165, 1.54) is 0 Å². The Morgan fingerprint density at radius 2 is 1.83 bits per heavy atom. The lowest BCUT2D eigenvalue weighted by molar-refractivity contribution is -0.143. The molecule has 2 N–H and O–H groups in total. The Bertz CT molecular complexity index is 260. The minimum Gasteiger partial charge on any atom is -0.342 e. The number of nitrogens with zero attached hydrogens (tertiary/aromatic N) is 2. The Hall–Kier alpha value is -0.610. The van der Waals surface area contributed by atoms with Crippen LogP contribution in [0.5, 0.6) is 0 Å². The van der Waals surface area contributed by atoms with E-state index >= 15 is 0 Å². The SMILES string of the molecule is CCC(CC)(CN)C(=O)N(C)C1CCN(C)CC1. The molecular weight excluding hydrogens is 226 g/mol. The fourth-order valence-corrected chi connectivity index (χ4v) is 2.85. The van der Waals surface area contributed by atoms with Crippen LogP contribution in [0.15, 0.2) is 0 Å². The van der Waals surface area contributed by atoms with Gasteiger partial charge in [-0.25, -0.2) is 0 Å². The Balaban J connectivity index is 2.70. The van der Waals surface area contributed by atoms with Crippen molar-refractivity contribution in [1.82, 2.24) is 9.80 Å². The molecule has 0 atom stereocenters. The van der Waals surface area contributed by atoms with Gasteiger partial charge in [-0.15, -0.1) is 0 Å². The van der Waals surface area contributed by atoms with Gasteiger partial charge >= 0.3 is 0 Å². The zero-order valence-corrected chi connectivity index (χ0v) is 12.4. The smallest absolute Gasteiger partial charge is 0.230 e. The third kappa shape index (κ3) is 3.04. The van der Waals surface area contributed by atoms with Gasteiger partial charge in [-0.05, 0) is 45.8 Å². The summed E-state index contributed by atoms with van der Waals surface area (Å²) < 4.78 is 0. The van der Waals surface area contributed by atoms with Crippen molar-refractivity contribution in [2.45, 2.75) is 45.6 Å². The van der Waals surface area contributed by atoms with Gasteiger partial charge in [0.05, 0.1) is 5.41 Å². The monoisotopic (exact) mass is 255 g/mol. The first kappa shape index (κ1) is 15.4. The van der Waals surface area contributed by atoms with Crippen molar-refractivity contribution in [2.24, 2.45) is 11.1 Å². The second-order valence-corrected chi connectivity index (χ2v) is 5.64. The molecule has 18 heavy (non-hydrogen) atoms. The molecule has 1 fully saturated rings. The number of carbonyl (C=O) groups is 1. The van der Waals surface area contributed by atoms with Crippen molar-refractivity contribution in [3.05, 3.63) is 0 Å². The summed E-state index contributed by atoms with van der Waals surface area (Å²) in [6.45, 7) is 6.75. The minimum atomic E-state index is -0.349. The van der Waals surface area contributed by atoms with Crippen LogP contribution in [0.1, 0.15) is 39.5 Å². The molecule has 1 rings (SSSR count). The van der Waals surface area contributed by atoms with E-state index in [0.29, 0.717) is 12.6 Å². The van der Waals surface area contributed by atoms with Gasteiger partial charge in [0.2, 0.25) is 5.91 Å². The van der Waals surface area contributed by atoms with E-state index in [0.717, 1.165) is 38.8 Å². The van der Waals surface area contributed by atoms with E-state index in [1.54, 1.807) is 0 Å². The first-order chi connectivity index (χ1) is 8.50. The Morgan fingerprint density at radius 3 is 2.22 bits per heavy atom. The molecule has 0 aromatic carbocycles. The van der Waals surface area contributed by atoms with E-state index in [9.17, 15) is 4.79 Å². The van der Waals surface area contributed by atoms with E-state index in [1.807, 2.05) is 11.9 Å². The third-order valence-electron chi connectivity index (χ3n) is 4.75. The first-order valence-corrected chi connectivity index (χ1v) is 7.16. The van der Waals surface area contributed by atoms with Crippen molar-refractivity contribution in [3.63, 3.8) is 0 Å². The van der Waals surface area contributed by atoms with Crippen LogP contribution in [-0.2, 0) is 4.79 Å². The summed E-state index contributed by atoms with van der Waals surface area (Å²) in [6.07, 6.45) is 3.81. The van der Waals surface area contributed by atoms with Gasteiger partial charge in [-0.2, -0.15) is 0 Å². The summed E-state index contributed by atoms with van der Waals surface area (Å²) in [5.74, 6) is 0.240. The summed E-state index contributed by atoms with van der Waals surface area (Å²) in [4.78, 5) is 17.0. The second kappa shape index (κ2) is 6.53. The van der Waals surface area contributed by atoms with Gasteiger partial charge in [0.15, 0.2) is 0 Å². The quantitative estimate of drug-likeness (QED) is 0.805. The molecule has 1 amide bonds. The van der Waals surface area contributed by atoms with Crippen molar-refractivity contribution in [1.29, 1.82) is 0 Å². The van der Waals surface area contributed by atoms with Gasteiger partial charge in [0, 0.05) is 19.6 Å². The second-order valence-electron chi connectivity index (χ2n) is 5.64. The Kier molecular flexibility index (Phi) is 5.60. The molecule has 0 aliphatic carbocycles. The van der Waals surface area contributed by atoms with Crippen molar-refractivity contribution < 1.29 is 4.79 Å². The number of amides is 1. The predicted octanol–water partition coefficient (Wildman–Crippen LogP) is 1.30. The average Bonchev–Trinajstić information content (AvgIpc) is 2.41. The highest BCUT2D eigenvalue weighted by molar-refractivity contribution is 5.83. The maximum absolute atomic E-state index is 12.7. The number of rotatable bonds is 5. The van der Waals surface area contributed by atoms with E-state index in [4.69, 9.17) is 5.73 Å². The maximum Gasteiger partial charge on any atom is 0.230 e. The standard InChI is InChI=1S/C14H29N3O/c1-5-14(6-2,11-15)13(18)17(4)12-7-9-16(3)10-8-12/h12H,5-11,15H2,1-4H3. The molecule has 1 heterocycles. The normalized spacial score (nSPS) is 18.9. The molecule has 0 unspecified atom stereocenters. The lowest BCUT2D eigenvalue weighted by atomic mass is 9.80. The van der Waals surface area contributed by atoms with Gasteiger partial charge < -0.3 is 15.5 Å². The van der Waals surface area contributed by atoms with Crippen LogP contribution in [0, 0.1) is 5.41 Å². The number of carbonyl (C=O) groups excluding carboxylic acids is 1. The molecule has 106 valence electrons. The predicted molar refractivity (Wildman–Crippen MR) is 75.4 cm³/mol. The molecular formula is C14H29N3O. The van der Waals surface area contributed by atoms with Crippen molar-refractivity contribution in [3.8, 4) is 0 Å².